The van der Waals surface area contributed by atoms with Crippen molar-refractivity contribution in [2.24, 2.45) is 0 Å². The second-order valence-corrected chi connectivity index (χ2v) is 14.7. The normalized spacial score (nSPS) is 23.9. The van der Waals surface area contributed by atoms with Gasteiger partial charge in [0, 0.05) is 23.0 Å². The van der Waals surface area contributed by atoms with Gasteiger partial charge in [0.1, 0.15) is 11.4 Å². The van der Waals surface area contributed by atoms with Gasteiger partial charge in [-0.05, 0) is 50.0 Å². The Labute approximate surface area is 166 Å². The van der Waals surface area contributed by atoms with Crippen LogP contribution in [0.3, 0.4) is 0 Å². The SMILES string of the molecule is CC1(O[Si](C)(C)C(C)(C)C)CC(n2ccc3cc(OCCBr)cnc32)C1. The molecule has 1 aliphatic carbocycles. The van der Waals surface area contributed by atoms with Crippen molar-refractivity contribution in [2.75, 3.05) is 11.9 Å². The van der Waals surface area contributed by atoms with Crippen molar-refractivity contribution >= 4 is 35.3 Å². The number of alkyl halides is 1. The molecule has 2 heterocycles. The average Bonchev–Trinajstić information content (AvgIpc) is 2.91. The minimum absolute atomic E-state index is 0.0107. The third-order valence-electron chi connectivity index (χ3n) is 5.91. The van der Waals surface area contributed by atoms with Crippen LogP contribution in [0.1, 0.15) is 46.6 Å². The average molecular weight is 439 g/mol. The molecule has 6 heteroatoms. The molecule has 0 amide bonds. The predicted molar refractivity (Wildman–Crippen MR) is 114 cm³/mol. The van der Waals surface area contributed by atoms with E-state index in [1.54, 1.807) is 0 Å². The molecule has 0 aromatic carbocycles. The minimum atomic E-state index is -1.74. The van der Waals surface area contributed by atoms with Gasteiger partial charge < -0.3 is 13.7 Å². The Morgan fingerprint density at radius 3 is 2.65 bits per heavy atom. The van der Waals surface area contributed by atoms with E-state index in [1.165, 1.54) is 0 Å². The van der Waals surface area contributed by atoms with Crippen LogP contribution in [0.15, 0.2) is 24.5 Å². The van der Waals surface area contributed by atoms with Gasteiger partial charge in [0.05, 0.1) is 18.4 Å². The van der Waals surface area contributed by atoms with E-state index in [9.17, 15) is 0 Å². The molecular weight excluding hydrogens is 408 g/mol. The lowest BCUT2D eigenvalue weighted by atomic mass is 9.77. The summed E-state index contributed by atoms with van der Waals surface area (Å²) in [6.07, 6.45) is 6.08. The van der Waals surface area contributed by atoms with Crippen molar-refractivity contribution in [2.45, 2.75) is 70.3 Å². The molecule has 0 radical (unpaired) electrons. The lowest BCUT2D eigenvalue weighted by molar-refractivity contribution is -0.0377. The van der Waals surface area contributed by atoms with E-state index in [4.69, 9.17) is 9.16 Å². The van der Waals surface area contributed by atoms with Crippen LogP contribution in [0.4, 0.5) is 0 Å². The first kappa shape index (κ1) is 19.9. The summed E-state index contributed by atoms with van der Waals surface area (Å²) in [5.41, 5.74) is 1.03. The molecule has 3 rings (SSSR count). The topological polar surface area (TPSA) is 36.3 Å². The largest absolute Gasteiger partial charge is 0.491 e. The van der Waals surface area contributed by atoms with Gasteiger partial charge in [0.15, 0.2) is 8.32 Å². The molecule has 0 N–H and O–H groups in total. The number of hydrogen-bond acceptors (Lipinski definition) is 3. The lowest BCUT2D eigenvalue weighted by Crippen LogP contribution is -2.54. The summed E-state index contributed by atoms with van der Waals surface area (Å²) in [6, 6.07) is 4.67. The Morgan fingerprint density at radius 1 is 1.35 bits per heavy atom. The summed E-state index contributed by atoms with van der Waals surface area (Å²) in [5, 5.41) is 2.20. The number of fused-ring (bicyclic) bond motifs is 1. The third kappa shape index (κ3) is 3.87. The smallest absolute Gasteiger partial charge is 0.192 e. The quantitative estimate of drug-likeness (QED) is 0.414. The Balaban J connectivity index is 1.71. The van der Waals surface area contributed by atoms with E-state index in [0.29, 0.717) is 12.6 Å². The number of hydrogen-bond donors (Lipinski definition) is 0. The maximum Gasteiger partial charge on any atom is 0.192 e. The first-order valence-electron chi connectivity index (χ1n) is 9.40. The van der Waals surface area contributed by atoms with Crippen LogP contribution in [-0.2, 0) is 4.43 Å². The van der Waals surface area contributed by atoms with Gasteiger partial charge in [-0.2, -0.15) is 0 Å². The molecular formula is C20H31BrN2O2Si. The zero-order valence-corrected chi connectivity index (χ0v) is 19.4. The molecule has 0 saturated heterocycles. The Kier molecular flexibility index (Phi) is 5.32. The van der Waals surface area contributed by atoms with E-state index in [0.717, 1.165) is 35.0 Å². The molecule has 144 valence electrons. The first-order chi connectivity index (χ1) is 12.0. The zero-order valence-electron chi connectivity index (χ0n) is 16.8. The van der Waals surface area contributed by atoms with Crippen LogP contribution >= 0.6 is 15.9 Å². The predicted octanol–water partition coefficient (Wildman–Crippen LogP) is 5.93. The molecule has 0 spiro atoms. The number of rotatable bonds is 6. The highest BCUT2D eigenvalue weighted by Gasteiger charge is 2.49. The van der Waals surface area contributed by atoms with Crippen molar-refractivity contribution < 1.29 is 9.16 Å². The molecule has 0 unspecified atom stereocenters. The maximum absolute atomic E-state index is 6.71. The maximum atomic E-state index is 6.71. The van der Waals surface area contributed by atoms with Gasteiger partial charge in [0.25, 0.3) is 0 Å². The van der Waals surface area contributed by atoms with Crippen molar-refractivity contribution in [3.8, 4) is 5.75 Å². The highest BCUT2D eigenvalue weighted by molar-refractivity contribution is 9.09. The summed E-state index contributed by atoms with van der Waals surface area (Å²) >= 11 is 3.38. The molecule has 1 aliphatic rings. The molecule has 1 saturated carbocycles. The Morgan fingerprint density at radius 2 is 2.04 bits per heavy atom. The Bertz CT molecular complexity index is 776. The molecule has 2 aromatic rings. The van der Waals surface area contributed by atoms with Gasteiger partial charge in [-0.15, -0.1) is 0 Å². The highest BCUT2D eigenvalue weighted by atomic mass is 79.9. The van der Waals surface area contributed by atoms with E-state index in [1.807, 2.05) is 6.20 Å². The molecule has 0 aliphatic heterocycles. The number of pyridine rings is 1. The molecule has 26 heavy (non-hydrogen) atoms. The fourth-order valence-electron chi connectivity index (χ4n) is 3.54. The van der Waals surface area contributed by atoms with Crippen molar-refractivity contribution in [3.05, 3.63) is 24.5 Å². The summed E-state index contributed by atoms with van der Waals surface area (Å²) < 4.78 is 14.7. The van der Waals surface area contributed by atoms with Gasteiger partial charge in [-0.1, -0.05) is 36.7 Å². The second-order valence-electron chi connectivity index (χ2n) is 9.22. The lowest BCUT2D eigenvalue weighted by Gasteiger charge is -2.52. The van der Waals surface area contributed by atoms with Crippen LogP contribution in [0.2, 0.25) is 18.1 Å². The van der Waals surface area contributed by atoms with Gasteiger partial charge in [-0.3, -0.25) is 0 Å². The number of aromatic nitrogens is 2. The third-order valence-corrected chi connectivity index (χ3v) is 10.9. The number of nitrogens with zero attached hydrogens (tertiary/aromatic N) is 2. The molecule has 4 nitrogen and oxygen atoms in total. The van der Waals surface area contributed by atoms with E-state index in [2.05, 4.69) is 84.6 Å². The number of halogens is 1. The molecule has 0 atom stereocenters. The van der Waals surface area contributed by atoms with E-state index in [-0.39, 0.29) is 10.6 Å². The fourth-order valence-corrected chi connectivity index (χ4v) is 5.41. The van der Waals surface area contributed by atoms with Crippen LogP contribution in [0.25, 0.3) is 11.0 Å². The van der Waals surface area contributed by atoms with Crippen LogP contribution in [-0.4, -0.2) is 35.4 Å². The monoisotopic (exact) mass is 438 g/mol. The second kappa shape index (κ2) is 6.95. The summed E-state index contributed by atoms with van der Waals surface area (Å²) in [4.78, 5) is 4.65. The summed E-state index contributed by atoms with van der Waals surface area (Å²) in [6.45, 7) is 14.5. The van der Waals surface area contributed by atoms with Crippen LogP contribution in [0, 0.1) is 0 Å². The molecule has 1 fully saturated rings. The summed E-state index contributed by atoms with van der Waals surface area (Å²) in [5.74, 6) is 0.828. The van der Waals surface area contributed by atoms with E-state index < -0.39 is 8.32 Å². The van der Waals surface area contributed by atoms with Gasteiger partial charge >= 0.3 is 0 Å². The van der Waals surface area contributed by atoms with E-state index >= 15 is 0 Å². The standard InChI is InChI=1S/C20H31BrN2O2Si/c1-19(2,3)26(5,6)25-20(4)12-16(13-20)23-9-7-15-11-17(24-10-8-21)14-22-18(15)23/h7,9,11,14,16H,8,10,12-13H2,1-6H3. The van der Waals surface area contributed by atoms with Crippen molar-refractivity contribution in [1.82, 2.24) is 9.55 Å². The van der Waals surface area contributed by atoms with Crippen molar-refractivity contribution in [1.29, 1.82) is 0 Å². The van der Waals surface area contributed by atoms with Crippen molar-refractivity contribution in [3.63, 3.8) is 0 Å². The zero-order chi connectivity index (χ0) is 19.2. The van der Waals surface area contributed by atoms with Crippen LogP contribution < -0.4 is 4.74 Å². The minimum Gasteiger partial charge on any atom is -0.491 e. The Hall–Kier alpha value is -0.853. The fraction of sp³-hybridized carbons (Fsp3) is 0.650. The van der Waals surface area contributed by atoms with Gasteiger partial charge in [-0.25, -0.2) is 4.98 Å². The van der Waals surface area contributed by atoms with Gasteiger partial charge in [0.2, 0.25) is 0 Å². The number of ether oxygens (including phenoxy) is 1. The highest BCUT2D eigenvalue weighted by Crippen LogP contribution is 2.49. The first-order valence-corrected chi connectivity index (χ1v) is 13.4. The van der Waals surface area contributed by atoms with Crippen LogP contribution in [0.5, 0.6) is 5.75 Å². The summed E-state index contributed by atoms with van der Waals surface area (Å²) in [7, 11) is -1.74. The molecule has 2 aromatic heterocycles. The molecule has 0 bridgehead atoms.